The fraction of sp³-hybridized carbons (Fsp3) is 0.500. The van der Waals surface area contributed by atoms with Crippen molar-refractivity contribution in [3.05, 3.63) is 59.5 Å². The molecule has 1 aromatic heterocycles. The lowest BCUT2D eigenvalue weighted by Gasteiger charge is -2.37. The summed E-state index contributed by atoms with van der Waals surface area (Å²) in [5.41, 5.74) is 2.08. The summed E-state index contributed by atoms with van der Waals surface area (Å²) in [5.74, 6) is 2.10. The van der Waals surface area contributed by atoms with Crippen LogP contribution in [0.4, 0.5) is 10.2 Å². The first-order chi connectivity index (χ1) is 12.6. The van der Waals surface area contributed by atoms with E-state index in [-0.39, 0.29) is 11.7 Å². The van der Waals surface area contributed by atoms with Crippen LogP contribution >= 0.6 is 0 Å². The second-order valence-electron chi connectivity index (χ2n) is 8.00. The molecule has 1 saturated carbocycles. The first-order valence-corrected chi connectivity index (χ1v) is 9.75. The van der Waals surface area contributed by atoms with Gasteiger partial charge in [-0.3, -0.25) is 4.90 Å². The Balaban J connectivity index is 1.44. The molecule has 1 aliphatic carbocycles. The SMILES string of the molecule is CC(C)N1CCN(c2ccc([C@H]3[C@H](C)[C@@H]3c3ccccc3F)cn2)CC1. The van der Waals surface area contributed by atoms with E-state index in [0.29, 0.717) is 17.9 Å². The quantitative estimate of drug-likeness (QED) is 0.818. The Morgan fingerprint density at radius 3 is 2.35 bits per heavy atom. The van der Waals surface area contributed by atoms with Gasteiger partial charge in [-0.1, -0.05) is 31.2 Å². The first-order valence-electron chi connectivity index (χ1n) is 9.75. The molecule has 1 aromatic carbocycles. The monoisotopic (exact) mass is 353 g/mol. The minimum absolute atomic E-state index is 0.0838. The molecule has 0 radical (unpaired) electrons. The summed E-state index contributed by atoms with van der Waals surface area (Å²) in [6.07, 6.45) is 2.01. The van der Waals surface area contributed by atoms with Gasteiger partial charge in [0, 0.05) is 38.4 Å². The van der Waals surface area contributed by atoms with E-state index in [1.54, 1.807) is 12.1 Å². The highest BCUT2D eigenvalue weighted by atomic mass is 19.1. The second-order valence-corrected chi connectivity index (χ2v) is 8.00. The summed E-state index contributed by atoms with van der Waals surface area (Å²) in [5, 5.41) is 0. The predicted molar refractivity (Wildman–Crippen MR) is 104 cm³/mol. The minimum Gasteiger partial charge on any atom is -0.354 e. The zero-order valence-electron chi connectivity index (χ0n) is 15.9. The second kappa shape index (κ2) is 6.99. The molecule has 26 heavy (non-hydrogen) atoms. The Bertz CT molecular complexity index is 750. The van der Waals surface area contributed by atoms with E-state index in [4.69, 9.17) is 4.98 Å². The van der Waals surface area contributed by atoms with Gasteiger partial charge in [-0.2, -0.15) is 0 Å². The topological polar surface area (TPSA) is 19.4 Å². The number of pyridine rings is 1. The van der Waals surface area contributed by atoms with Crippen LogP contribution in [0.5, 0.6) is 0 Å². The van der Waals surface area contributed by atoms with Crippen molar-refractivity contribution in [3.63, 3.8) is 0 Å². The van der Waals surface area contributed by atoms with Gasteiger partial charge in [0.2, 0.25) is 0 Å². The van der Waals surface area contributed by atoms with Crippen molar-refractivity contribution in [2.45, 2.75) is 38.6 Å². The van der Waals surface area contributed by atoms with Gasteiger partial charge in [-0.15, -0.1) is 0 Å². The van der Waals surface area contributed by atoms with Gasteiger partial charge < -0.3 is 4.90 Å². The van der Waals surface area contributed by atoms with Crippen molar-refractivity contribution in [2.75, 3.05) is 31.1 Å². The number of anilines is 1. The molecule has 0 bridgehead atoms. The van der Waals surface area contributed by atoms with E-state index in [0.717, 1.165) is 37.6 Å². The zero-order chi connectivity index (χ0) is 18.3. The molecular weight excluding hydrogens is 325 g/mol. The van der Waals surface area contributed by atoms with E-state index in [1.807, 2.05) is 18.3 Å². The number of benzene rings is 1. The van der Waals surface area contributed by atoms with Gasteiger partial charge >= 0.3 is 0 Å². The van der Waals surface area contributed by atoms with Gasteiger partial charge in [-0.05, 0) is 54.9 Å². The summed E-state index contributed by atoms with van der Waals surface area (Å²) >= 11 is 0. The van der Waals surface area contributed by atoms with Crippen LogP contribution in [0.2, 0.25) is 0 Å². The van der Waals surface area contributed by atoms with Crippen molar-refractivity contribution in [3.8, 4) is 0 Å². The number of hydrogen-bond donors (Lipinski definition) is 0. The van der Waals surface area contributed by atoms with Crippen LogP contribution in [0.15, 0.2) is 42.6 Å². The van der Waals surface area contributed by atoms with Crippen LogP contribution in [0.25, 0.3) is 0 Å². The summed E-state index contributed by atoms with van der Waals surface area (Å²) in [6, 6.07) is 12.1. The maximum absolute atomic E-state index is 14.1. The van der Waals surface area contributed by atoms with Gasteiger partial charge in [-0.25, -0.2) is 9.37 Å². The number of aromatic nitrogens is 1. The lowest BCUT2D eigenvalue weighted by Crippen LogP contribution is -2.49. The molecule has 4 heteroatoms. The van der Waals surface area contributed by atoms with Gasteiger partial charge in [0.05, 0.1) is 0 Å². The lowest BCUT2D eigenvalue weighted by atomic mass is 10.1. The largest absolute Gasteiger partial charge is 0.354 e. The third kappa shape index (κ3) is 3.23. The average Bonchev–Trinajstić information content (AvgIpc) is 3.33. The molecule has 1 aliphatic heterocycles. The molecule has 0 unspecified atom stereocenters. The highest BCUT2D eigenvalue weighted by Crippen LogP contribution is 2.60. The molecule has 0 amide bonds. The van der Waals surface area contributed by atoms with Crippen LogP contribution in [0.1, 0.15) is 43.7 Å². The fourth-order valence-electron chi connectivity index (χ4n) is 4.44. The maximum Gasteiger partial charge on any atom is 0.128 e. The highest BCUT2D eigenvalue weighted by molar-refractivity contribution is 5.44. The van der Waals surface area contributed by atoms with Gasteiger partial charge in [0.1, 0.15) is 11.6 Å². The van der Waals surface area contributed by atoms with Crippen LogP contribution < -0.4 is 4.90 Å². The summed E-state index contributed by atoms with van der Waals surface area (Å²) in [7, 11) is 0. The Morgan fingerprint density at radius 1 is 1.00 bits per heavy atom. The van der Waals surface area contributed by atoms with E-state index in [9.17, 15) is 4.39 Å². The molecule has 2 aromatic rings. The molecule has 2 aliphatic rings. The molecule has 0 N–H and O–H groups in total. The maximum atomic E-state index is 14.1. The van der Waals surface area contributed by atoms with Crippen LogP contribution in [-0.4, -0.2) is 42.1 Å². The summed E-state index contributed by atoms with van der Waals surface area (Å²) in [6.45, 7) is 11.0. The summed E-state index contributed by atoms with van der Waals surface area (Å²) < 4.78 is 14.1. The standard InChI is InChI=1S/C22H28FN3/c1-15(2)25-10-12-26(13-11-25)20-9-8-17(14-24-20)21-16(3)22(21)18-6-4-5-7-19(18)23/h4-9,14-16,21-22H,10-13H2,1-3H3/t16-,21+,22+/m0/s1. The smallest absolute Gasteiger partial charge is 0.128 e. The third-order valence-electron chi connectivity index (χ3n) is 6.17. The predicted octanol–water partition coefficient (Wildman–Crippen LogP) is 4.27. The van der Waals surface area contributed by atoms with Crippen molar-refractivity contribution in [1.29, 1.82) is 0 Å². The molecule has 2 heterocycles. The third-order valence-corrected chi connectivity index (χ3v) is 6.17. The molecule has 2 fully saturated rings. The number of halogens is 1. The van der Waals surface area contributed by atoms with Crippen LogP contribution in [-0.2, 0) is 0 Å². The number of hydrogen-bond acceptors (Lipinski definition) is 3. The van der Waals surface area contributed by atoms with Crippen molar-refractivity contribution in [1.82, 2.24) is 9.88 Å². The molecule has 3 atom stereocenters. The van der Waals surface area contributed by atoms with Crippen molar-refractivity contribution in [2.24, 2.45) is 5.92 Å². The van der Waals surface area contributed by atoms with Crippen molar-refractivity contribution >= 4 is 5.82 Å². The molecule has 1 saturated heterocycles. The van der Waals surface area contributed by atoms with E-state index >= 15 is 0 Å². The van der Waals surface area contributed by atoms with Gasteiger partial charge in [0.25, 0.3) is 0 Å². The minimum atomic E-state index is -0.0838. The molecule has 0 spiro atoms. The van der Waals surface area contributed by atoms with E-state index < -0.39 is 0 Å². The summed E-state index contributed by atoms with van der Waals surface area (Å²) in [4.78, 5) is 9.61. The highest BCUT2D eigenvalue weighted by Gasteiger charge is 2.49. The number of nitrogens with zero attached hydrogens (tertiary/aromatic N) is 3. The van der Waals surface area contributed by atoms with E-state index in [2.05, 4.69) is 42.7 Å². The number of rotatable bonds is 4. The molecule has 4 rings (SSSR count). The Hall–Kier alpha value is -1.94. The Morgan fingerprint density at radius 2 is 1.73 bits per heavy atom. The Kier molecular flexibility index (Phi) is 4.70. The van der Waals surface area contributed by atoms with E-state index in [1.165, 1.54) is 5.56 Å². The van der Waals surface area contributed by atoms with Crippen molar-refractivity contribution < 1.29 is 4.39 Å². The average molecular weight is 353 g/mol. The van der Waals surface area contributed by atoms with Crippen LogP contribution in [0, 0.1) is 11.7 Å². The normalized spacial score (nSPS) is 26.3. The fourth-order valence-corrected chi connectivity index (χ4v) is 4.44. The Labute approximate surface area is 155 Å². The first kappa shape index (κ1) is 17.5. The molecular formula is C22H28FN3. The zero-order valence-corrected chi connectivity index (χ0v) is 15.9. The van der Waals surface area contributed by atoms with Crippen LogP contribution in [0.3, 0.4) is 0 Å². The number of piperazine rings is 1. The lowest BCUT2D eigenvalue weighted by molar-refractivity contribution is 0.209. The van der Waals surface area contributed by atoms with Gasteiger partial charge in [0.15, 0.2) is 0 Å². The molecule has 138 valence electrons. The molecule has 3 nitrogen and oxygen atoms in total.